The van der Waals surface area contributed by atoms with Gasteiger partial charge in [0, 0.05) is 5.54 Å². The number of aliphatic hydroxyl groups excluding tert-OH is 1. The molecule has 0 aliphatic carbocycles. The SMILES string of the molecule is CC(C)(N)C(C(=O)CO)N1CCC(c2ccc(-c3ccccc3)cc2)CC1. The van der Waals surface area contributed by atoms with Gasteiger partial charge in [-0.25, -0.2) is 0 Å². The summed E-state index contributed by atoms with van der Waals surface area (Å²) in [6, 6.07) is 18.8. The van der Waals surface area contributed by atoms with E-state index in [0.29, 0.717) is 5.92 Å². The lowest BCUT2D eigenvalue weighted by Crippen LogP contribution is -2.60. The molecule has 1 fully saturated rings. The number of Topliss-reactive ketones (excluding diaryl/α,β-unsaturated/α-hetero) is 1. The van der Waals surface area contributed by atoms with Crippen LogP contribution in [0.25, 0.3) is 11.1 Å². The molecule has 1 unspecified atom stereocenters. The first-order valence-electron chi connectivity index (χ1n) is 9.72. The molecule has 1 aliphatic rings. The Kier molecular flexibility index (Phi) is 6.10. The monoisotopic (exact) mass is 366 g/mol. The largest absolute Gasteiger partial charge is 0.389 e. The van der Waals surface area contributed by atoms with Crippen LogP contribution in [0.3, 0.4) is 0 Å². The molecule has 0 bridgehead atoms. The summed E-state index contributed by atoms with van der Waals surface area (Å²) in [5.41, 5.74) is 9.38. The van der Waals surface area contributed by atoms with Crippen molar-refractivity contribution in [2.75, 3.05) is 19.7 Å². The zero-order valence-electron chi connectivity index (χ0n) is 16.3. The second kappa shape index (κ2) is 8.34. The van der Waals surface area contributed by atoms with E-state index in [0.717, 1.165) is 25.9 Å². The van der Waals surface area contributed by atoms with Crippen LogP contribution in [0.2, 0.25) is 0 Å². The molecular weight excluding hydrogens is 336 g/mol. The molecule has 0 amide bonds. The van der Waals surface area contributed by atoms with Crippen molar-refractivity contribution in [3.05, 3.63) is 60.2 Å². The highest BCUT2D eigenvalue weighted by molar-refractivity contribution is 5.86. The summed E-state index contributed by atoms with van der Waals surface area (Å²) in [6.45, 7) is 4.91. The van der Waals surface area contributed by atoms with E-state index in [1.807, 2.05) is 19.9 Å². The Morgan fingerprint density at radius 3 is 2.15 bits per heavy atom. The van der Waals surface area contributed by atoms with Gasteiger partial charge in [-0.2, -0.15) is 0 Å². The number of hydrogen-bond donors (Lipinski definition) is 2. The number of ketones is 1. The zero-order valence-corrected chi connectivity index (χ0v) is 16.3. The number of carbonyl (C=O) groups is 1. The van der Waals surface area contributed by atoms with Crippen molar-refractivity contribution in [3.8, 4) is 11.1 Å². The minimum Gasteiger partial charge on any atom is -0.389 e. The van der Waals surface area contributed by atoms with Gasteiger partial charge in [0.2, 0.25) is 0 Å². The molecular formula is C23H30N2O2. The first-order valence-corrected chi connectivity index (χ1v) is 9.72. The summed E-state index contributed by atoms with van der Waals surface area (Å²) in [6.07, 6.45) is 1.99. The van der Waals surface area contributed by atoms with Crippen LogP contribution in [0, 0.1) is 0 Å². The Bertz CT molecular complexity index is 742. The highest BCUT2D eigenvalue weighted by Gasteiger charge is 2.38. The van der Waals surface area contributed by atoms with Crippen LogP contribution in [0.4, 0.5) is 0 Å². The molecule has 4 nitrogen and oxygen atoms in total. The van der Waals surface area contributed by atoms with Gasteiger partial charge in [-0.15, -0.1) is 0 Å². The number of benzene rings is 2. The zero-order chi connectivity index (χ0) is 19.4. The van der Waals surface area contributed by atoms with E-state index in [1.165, 1.54) is 16.7 Å². The van der Waals surface area contributed by atoms with Crippen molar-refractivity contribution in [1.29, 1.82) is 0 Å². The lowest BCUT2D eigenvalue weighted by atomic mass is 9.84. The van der Waals surface area contributed by atoms with Gasteiger partial charge in [0.15, 0.2) is 5.78 Å². The van der Waals surface area contributed by atoms with Gasteiger partial charge < -0.3 is 10.8 Å². The highest BCUT2D eigenvalue weighted by Crippen LogP contribution is 2.31. The summed E-state index contributed by atoms with van der Waals surface area (Å²) < 4.78 is 0. The predicted molar refractivity (Wildman–Crippen MR) is 110 cm³/mol. The number of carbonyl (C=O) groups excluding carboxylic acids is 1. The smallest absolute Gasteiger partial charge is 0.177 e. The molecule has 3 rings (SSSR count). The molecule has 1 saturated heterocycles. The van der Waals surface area contributed by atoms with Gasteiger partial charge in [-0.05, 0) is 62.4 Å². The number of hydrogen-bond acceptors (Lipinski definition) is 4. The first kappa shape index (κ1) is 19.7. The Balaban J connectivity index is 1.66. The molecule has 1 atom stereocenters. The average Bonchev–Trinajstić information content (AvgIpc) is 2.68. The maximum Gasteiger partial charge on any atom is 0.177 e. The fourth-order valence-corrected chi connectivity index (χ4v) is 4.24. The molecule has 0 radical (unpaired) electrons. The fourth-order valence-electron chi connectivity index (χ4n) is 4.24. The highest BCUT2D eigenvalue weighted by atomic mass is 16.3. The minimum absolute atomic E-state index is 0.187. The number of rotatable bonds is 6. The van der Waals surface area contributed by atoms with Crippen LogP contribution in [0.5, 0.6) is 0 Å². The third-order valence-electron chi connectivity index (χ3n) is 5.55. The number of nitrogens with two attached hydrogens (primary N) is 1. The first-order chi connectivity index (χ1) is 12.9. The van der Waals surface area contributed by atoms with E-state index in [1.54, 1.807) is 0 Å². The molecule has 3 N–H and O–H groups in total. The topological polar surface area (TPSA) is 66.6 Å². The molecule has 27 heavy (non-hydrogen) atoms. The van der Waals surface area contributed by atoms with Crippen LogP contribution in [-0.4, -0.2) is 47.1 Å². The Morgan fingerprint density at radius 1 is 1.07 bits per heavy atom. The van der Waals surface area contributed by atoms with E-state index in [2.05, 4.69) is 53.4 Å². The Labute approximate surface area is 162 Å². The van der Waals surface area contributed by atoms with E-state index in [-0.39, 0.29) is 5.78 Å². The van der Waals surface area contributed by atoms with Crippen molar-refractivity contribution >= 4 is 5.78 Å². The number of likely N-dealkylation sites (tertiary alicyclic amines) is 1. The standard InChI is InChI=1S/C23H30N2O2/c1-23(2,24)22(21(27)16-26)25-14-12-20(13-15-25)19-10-8-18(9-11-19)17-6-4-3-5-7-17/h3-11,20,22,26H,12-16,24H2,1-2H3. The van der Waals surface area contributed by atoms with E-state index < -0.39 is 18.2 Å². The Hall–Kier alpha value is -2.01. The molecule has 0 saturated carbocycles. The lowest BCUT2D eigenvalue weighted by Gasteiger charge is -2.42. The van der Waals surface area contributed by atoms with Crippen LogP contribution >= 0.6 is 0 Å². The Morgan fingerprint density at radius 2 is 1.63 bits per heavy atom. The predicted octanol–water partition coefficient (Wildman–Crippen LogP) is 3.20. The van der Waals surface area contributed by atoms with Crippen molar-refractivity contribution in [2.24, 2.45) is 5.73 Å². The summed E-state index contributed by atoms with van der Waals surface area (Å²) in [7, 11) is 0. The minimum atomic E-state index is -0.663. The van der Waals surface area contributed by atoms with Gasteiger partial charge in [0.25, 0.3) is 0 Å². The van der Waals surface area contributed by atoms with Gasteiger partial charge in [0.05, 0.1) is 6.04 Å². The average molecular weight is 367 g/mol. The summed E-state index contributed by atoms with van der Waals surface area (Å²) in [4.78, 5) is 14.4. The van der Waals surface area contributed by atoms with Crippen LogP contribution < -0.4 is 5.73 Å². The number of nitrogens with zero attached hydrogens (tertiary/aromatic N) is 1. The molecule has 0 aromatic heterocycles. The van der Waals surface area contributed by atoms with Gasteiger partial charge in [-0.3, -0.25) is 9.69 Å². The summed E-state index contributed by atoms with van der Waals surface area (Å²) >= 11 is 0. The summed E-state index contributed by atoms with van der Waals surface area (Å²) in [5.74, 6) is 0.310. The maximum atomic E-state index is 12.2. The fraction of sp³-hybridized carbons (Fsp3) is 0.435. The second-order valence-electron chi connectivity index (χ2n) is 8.15. The number of piperidine rings is 1. The van der Waals surface area contributed by atoms with E-state index in [4.69, 9.17) is 5.73 Å². The molecule has 1 heterocycles. The second-order valence-corrected chi connectivity index (χ2v) is 8.15. The molecule has 4 heteroatoms. The van der Waals surface area contributed by atoms with Gasteiger partial charge in [-0.1, -0.05) is 54.6 Å². The van der Waals surface area contributed by atoms with E-state index >= 15 is 0 Å². The number of aliphatic hydroxyl groups is 1. The molecule has 144 valence electrons. The van der Waals surface area contributed by atoms with Crippen molar-refractivity contribution in [3.63, 3.8) is 0 Å². The molecule has 2 aromatic carbocycles. The van der Waals surface area contributed by atoms with E-state index in [9.17, 15) is 9.90 Å². The van der Waals surface area contributed by atoms with Crippen molar-refractivity contribution in [1.82, 2.24) is 4.90 Å². The molecule has 1 aliphatic heterocycles. The normalized spacial score (nSPS) is 17.6. The van der Waals surface area contributed by atoms with Crippen LogP contribution in [-0.2, 0) is 4.79 Å². The van der Waals surface area contributed by atoms with Crippen LogP contribution in [0.1, 0.15) is 38.2 Å². The summed E-state index contributed by atoms with van der Waals surface area (Å²) in [5, 5.41) is 9.32. The third-order valence-corrected chi connectivity index (χ3v) is 5.55. The maximum absolute atomic E-state index is 12.2. The van der Waals surface area contributed by atoms with Crippen molar-refractivity contribution in [2.45, 2.75) is 44.2 Å². The molecule has 0 spiro atoms. The van der Waals surface area contributed by atoms with Gasteiger partial charge in [0.1, 0.15) is 6.61 Å². The van der Waals surface area contributed by atoms with Gasteiger partial charge >= 0.3 is 0 Å². The van der Waals surface area contributed by atoms with Crippen LogP contribution in [0.15, 0.2) is 54.6 Å². The third kappa shape index (κ3) is 4.64. The quantitative estimate of drug-likeness (QED) is 0.824. The van der Waals surface area contributed by atoms with Crippen molar-refractivity contribution < 1.29 is 9.90 Å². The lowest BCUT2D eigenvalue weighted by molar-refractivity contribution is -0.129. The molecule has 2 aromatic rings.